The molecule has 5 heteroatoms. The second kappa shape index (κ2) is 5.54. The summed E-state index contributed by atoms with van der Waals surface area (Å²) in [7, 11) is 0. The van der Waals surface area contributed by atoms with Gasteiger partial charge in [0.25, 0.3) is 0 Å². The van der Waals surface area contributed by atoms with E-state index < -0.39 is 0 Å². The third-order valence-electron chi connectivity index (χ3n) is 2.92. The van der Waals surface area contributed by atoms with Crippen LogP contribution < -0.4 is 0 Å². The van der Waals surface area contributed by atoms with Gasteiger partial charge in [0.2, 0.25) is 0 Å². The number of halogens is 2. The SMILES string of the molecule is Cc1ccoc1-c1nc(Cl)c(I)c(-c2ccccc2)n1. The third kappa shape index (κ3) is 2.45. The summed E-state index contributed by atoms with van der Waals surface area (Å²) >= 11 is 8.40. The summed E-state index contributed by atoms with van der Waals surface area (Å²) < 4.78 is 6.29. The van der Waals surface area contributed by atoms with E-state index >= 15 is 0 Å². The van der Waals surface area contributed by atoms with E-state index in [1.165, 1.54) is 0 Å². The minimum Gasteiger partial charge on any atom is -0.461 e. The lowest BCUT2D eigenvalue weighted by Gasteiger charge is -2.07. The molecule has 0 saturated heterocycles. The Morgan fingerprint density at radius 3 is 2.50 bits per heavy atom. The summed E-state index contributed by atoms with van der Waals surface area (Å²) in [6.45, 7) is 1.95. The first kappa shape index (κ1) is 13.6. The van der Waals surface area contributed by atoms with E-state index in [0.717, 1.165) is 20.4 Å². The van der Waals surface area contributed by atoms with Gasteiger partial charge in [-0.05, 0) is 41.1 Å². The fourth-order valence-corrected chi connectivity index (χ4v) is 2.63. The third-order valence-corrected chi connectivity index (χ3v) is 4.54. The molecule has 0 saturated carbocycles. The fraction of sp³-hybridized carbons (Fsp3) is 0.0667. The van der Waals surface area contributed by atoms with E-state index in [-0.39, 0.29) is 0 Å². The van der Waals surface area contributed by atoms with Gasteiger partial charge in [-0.15, -0.1) is 0 Å². The lowest BCUT2D eigenvalue weighted by atomic mass is 10.1. The molecule has 0 aliphatic carbocycles. The van der Waals surface area contributed by atoms with Crippen molar-refractivity contribution in [1.82, 2.24) is 9.97 Å². The van der Waals surface area contributed by atoms with Crippen molar-refractivity contribution in [2.75, 3.05) is 0 Å². The maximum atomic E-state index is 6.24. The van der Waals surface area contributed by atoms with E-state index in [1.54, 1.807) is 6.26 Å². The van der Waals surface area contributed by atoms with Crippen molar-refractivity contribution in [1.29, 1.82) is 0 Å². The first-order valence-corrected chi connectivity index (χ1v) is 7.45. The Labute approximate surface area is 135 Å². The normalized spacial score (nSPS) is 10.8. The van der Waals surface area contributed by atoms with Crippen molar-refractivity contribution >= 4 is 34.2 Å². The van der Waals surface area contributed by atoms with Crippen LogP contribution in [0.25, 0.3) is 22.8 Å². The molecule has 0 atom stereocenters. The van der Waals surface area contributed by atoms with E-state index in [0.29, 0.717) is 16.7 Å². The van der Waals surface area contributed by atoms with Gasteiger partial charge in [0.05, 0.1) is 15.5 Å². The second-order valence-electron chi connectivity index (χ2n) is 4.30. The molecule has 0 unspecified atom stereocenters. The first-order valence-electron chi connectivity index (χ1n) is 5.99. The van der Waals surface area contributed by atoms with Crippen LogP contribution in [0, 0.1) is 10.5 Å². The molecule has 0 fully saturated rings. The molecule has 100 valence electrons. The number of furan rings is 1. The minimum absolute atomic E-state index is 0.435. The number of aryl methyl sites for hydroxylation is 1. The zero-order valence-electron chi connectivity index (χ0n) is 10.6. The Hall–Kier alpha value is -1.40. The number of benzene rings is 1. The first-order chi connectivity index (χ1) is 9.66. The molecule has 0 aliphatic rings. The Morgan fingerprint density at radius 2 is 1.85 bits per heavy atom. The molecule has 0 N–H and O–H groups in total. The monoisotopic (exact) mass is 396 g/mol. The minimum atomic E-state index is 0.435. The van der Waals surface area contributed by atoms with Crippen molar-refractivity contribution in [2.24, 2.45) is 0 Å². The zero-order valence-corrected chi connectivity index (χ0v) is 13.5. The van der Waals surface area contributed by atoms with Crippen molar-refractivity contribution in [3.63, 3.8) is 0 Å². The van der Waals surface area contributed by atoms with Crippen LogP contribution in [0.1, 0.15) is 5.56 Å². The highest BCUT2D eigenvalue weighted by Crippen LogP contribution is 2.31. The predicted molar refractivity (Wildman–Crippen MR) is 87.6 cm³/mol. The van der Waals surface area contributed by atoms with Crippen molar-refractivity contribution in [3.8, 4) is 22.8 Å². The maximum Gasteiger partial charge on any atom is 0.198 e. The van der Waals surface area contributed by atoms with E-state index in [2.05, 4.69) is 32.6 Å². The topological polar surface area (TPSA) is 38.9 Å². The number of aromatic nitrogens is 2. The van der Waals surface area contributed by atoms with E-state index in [1.807, 2.05) is 43.3 Å². The summed E-state index contributed by atoms with van der Waals surface area (Å²) in [5, 5.41) is 0.435. The number of rotatable bonds is 2. The van der Waals surface area contributed by atoms with Gasteiger partial charge in [-0.3, -0.25) is 0 Å². The highest BCUT2D eigenvalue weighted by molar-refractivity contribution is 14.1. The largest absolute Gasteiger partial charge is 0.461 e. The summed E-state index contributed by atoms with van der Waals surface area (Å²) in [6, 6.07) is 11.8. The zero-order chi connectivity index (χ0) is 14.1. The highest BCUT2D eigenvalue weighted by atomic mass is 127. The van der Waals surface area contributed by atoms with Crippen LogP contribution in [0.4, 0.5) is 0 Å². The average molecular weight is 397 g/mol. The van der Waals surface area contributed by atoms with Crippen LogP contribution >= 0.6 is 34.2 Å². The van der Waals surface area contributed by atoms with Crippen LogP contribution in [0.15, 0.2) is 47.1 Å². The van der Waals surface area contributed by atoms with Crippen molar-refractivity contribution < 1.29 is 4.42 Å². The lowest BCUT2D eigenvalue weighted by Crippen LogP contribution is -1.97. The molecule has 3 nitrogen and oxygen atoms in total. The van der Waals surface area contributed by atoms with E-state index in [4.69, 9.17) is 16.0 Å². The van der Waals surface area contributed by atoms with Crippen LogP contribution in [0.5, 0.6) is 0 Å². The molecule has 0 radical (unpaired) electrons. The maximum absolute atomic E-state index is 6.24. The Balaban J connectivity index is 2.21. The van der Waals surface area contributed by atoms with Crippen LogP contribution in [-0.2, 0) is 0 Å². The molecular formula is C15H10ClIN2O. The Bertz CT molecular complexity index is 756. The molecule has 3 rings (SSSR count). The van der Waals surface area contributed by atoms with Crippen molar-refractivity contribution in [3.05, 3.63) is 56.9 Å². The number of hydrogen-bond donors (Lipinski definition) is 0. The Kier molecular flexibility index (Phi) is 3.76. The summed E-state index contributed by atoms with van der Waals surface area (Å²) in [6.07, 6.45) is 1.63. The Morgan fingerprint density at radius 1 is 1.10 bits per heavy atom. The lowest BCUT2D eigenvalue weighted by molar-refractivity contribution is 0.575. The van der Waals surface area contributed by atoms with Gasteiger partial charge in [0.15, 0.2) is 11.6 Å². The van der Waals surface area contributed by atoms with Gasteiger partial charge in [-0.1, -0.05) is 41.9 Å². The molecule has 1 aromatic carbocycles. The predicted octanol–water partition coefficient (Wildman–Crippen LogP) is 4.97. The molecule has 0 bridgehead atoms. The van der Waals surface area contributed by atoms with Gasteiger partial charge < -0.3 is 4.42 Å². The molecule has 2 aromatic heterocycles. The second-order valence-corrected chi connectivity index (χ2v) is 5.74. The highest BCUT2D eigenvalue weighted by Gasteiger charge is 2.16. The molecule has 20 heavy (non-hydrogen) atoms. The van der Waals surface area contributed by atoms with Gasteiger partial charge in [0.1, 0.15) is 5.15 Å². The molecule has 0 spiro atoms. The quantitative estimate of drug-likeness (QED) is 0.453. The summed E-state index contributed by atoms with van der Waals surface area (Å²) in [5.41, 5.74) is 2.81. The standard InChI is InChI=1S/C15H10ClIN2O/c1-9-7-8-20-13(9)15-18-12(11(17)14(16)19-15)10-5-3-2-4-6-10/h2-8H,1H3. The fourth-order valence-electron chi connectivity index (χ4n) is 1.91. The molecular weight excluding hydrogens is 387 g/mol. The van der Waals surface area contributed by atoms with Gasteiger partial charge in [0, 0.05) is 5.56 Å². The summed E-state index contributed by atoms with van der Waals surface area (Å²) in [5.74, 6) is 1.16. The molecule has 0 aliphatic heterocycles. The number of nitrogens with zero attached hydrogens (tertiary/aromatic N) is 2. The van der Waals surface area contributed by atoms with Crippen LogP contribution in [0.2, 0.25) is 5.15 Å². The van der Waals surface area contributed by atoms with Crippen LogP contribution in [0.3, 0.4) is 0 Å². The molecule has 0 amide bonds. The average Bonchev–Trinajstić information content (AvgIpc) is 2.89. The smallest absolute Gasteiger partial charge is 0.198 e. The summed E-state index contributed by atoms with van der Waals surface area (Å²) in [4.78, 5) is 8.93. The van der Waals surface area contributed by atoms with Gasteiger partial charge in [-0.25, -0.2) is 9.97 Å². The van der Waals surface area contributed by atoms with Crippen molar-refractivity contribution in [2.45, 2.75) is 6.92 Å². The van der Waals surface area contributed by atoms with Gasteiger partial charge >= 0.3 is 0 Å². The number of hydrogen-bond acceptors (Lipinski definition) is 3. The molecule has 2 heterocycles. The molecule has 3 aromatic rings. The van der Waals surface area contributed by atoms with Gasteiger partial charge in [-0.2, -0.15) is 0 Å². The van der Waals surface area contributed by atoms with E-state index in [9.17, 15) is 0 Å². The van der Waals surface area contributed by atoms with Crippen LogP contribution in [-0.4, -0.2) is 9.97 Å².